The molecule has 1 aromatic carbocycles. The molecule has 84 valence electrons. The van der Waals surface area contributed by atoms with E-state index in [1.54, 1.807) is 6.07 Å². The average Bonchev–Trinajstić information content (AvgIpc) is 2.55. The Hall–Kier alpha value is -1.69. The molecular weight excluding hydrogens is 226 g/mol. The largest absolute Gasteiger partial charge is 0.330 e. The van der Waals surface area contributed by atoms with E-state index in [0.29, 0.717) is 10.3 Å². The number of aryl methyl sites for hydroxylation is 1. The summed E-state index contributed by atoms with van der Waals surface area (Å²) in [4.78, 5) is 13.2. The topological polar surface area (TPSA) is 63.9 Å². The smallest absolute Gasteiger partial charge is 0.271 e. The van der Waals surface area contributed by atoms with Gasteiger partial charge < -0.3 is 9.55 Å². The number of rotatable bonds is 3. The number of aromatic amines is 1. The first kappa shape index (κ1) is 10.8. The van der Waals surface area contributed by atoms with Crippen molar-refractivity contribution in [1.82, 2.24) is 9.55 Å². The summed E-state index contributed by atoms with van der Waals surface area (Å²) >= 11 is 5.16. The van der Waals surface area contributed by atoms with Crippen LogP contribution in [0.25, 0.3) is 11.0 Å². The number of imidazole rings is 1. The fourth-order valence-corrected chi connectivity index (χ4v) is 2.01. The van der Waals surface area contributed by atoms with Gasteiger partial charge in [-0.05, 0) is 24.7 Å². The molecule has 0 aliphatic rings. The lowest BCUT2D eigenvalue weighted by atomic mass is 10.3. The Bertz CT molecular complexity index is 600. The Morgan fingerprint density at radius 2 is 2.31 bits per heavy atom. The van der Waals surface area contributed by atoms with E-state index in [1.807, 2.05) is 4.57 Å². The van der Waals surface area contributed by atoms with E-state index in [4.69, 9.17) is 12.2 Å². The second-order valence-electron chi connectivity index (χ2n) is 3.54. The maximum absolute atomic E-state index is 10.6. The van der Waals surface area contributed by atoms with Crippen molar-refractivity contribution in [3.05, 3.63) is 33.1 Å². The van der Waals surface area contributed by atoms with Gasteiger partial charge in [0.25, 0.3) is 5.69 Å². The van der Waals surface area contributed by atoms with Crippen molar-refractivity contribution in [3.8, 4) is 0 Å². The number of nitro groups is 1. The average molecular weight is 237 g/mol. The van der Waals surface area contributed by atoms with Gasteiger partial charge in [0.05, 0.1) is 16.0 Å². The molecule has 0 saturated heterocycles. The third-order valence-electron chi connectivity index (χ3n) is 2.42. The fraction of sp³-hybridized carbons (Fsp3) is 0.300. The summed E-state index contributed by atoms with van der Waals surface area (Å²) in [7, 11) is 0. The molecule has 2 aromatic rings. The van der Waals surface area contributed by atoms with Gasteiger partial charge >= 0.3 is 0 Å². The minimum Gasteiger partial charge on any atom is -0.330 e. The Morgan fingerprint density at radius 1 is 1.56 bits per heavy atom. The van der Waals surface area contributed by atoms with E-state index in [-0.39, 0.29) is 5.69 Å². The molecule has 0 fully saturated rings. The Kier molecular flexibility index (Phi) is 2.74. The first-order chi connectivity index (χ1) is 7.63. The van der Waals surface area contributed by atoms with Crippen LogP contribution in [0.15, 0.2) is 18.2 Å². The van der Waals surface area contributed by atoms with Crippen LogP contribution in [0.1, 0.15) is 13.3 Å². The van der Waals surface area contributed by atoms with E-state index in [0.717, 1.165) is 18.5 Å². The number of nitro benzene ring substituents is 1. The van der Waals surface area contributed by atoms with E-state index >= 15 is 0 Å². The molecule has 0 amide bonds. The molecule has 1 N–H and O–H groups in total. The summed E-state index contributed by atoms with van der Waals surface area (Å²) in [6, 6.07) is 4.74. The molecular formula is C10H11N3O2S. The highest BCUT2D eigenvalue weighted by Gasteiger charge is 2.09. The van der Waals surface area contributed by atoms with Crippen molar-refractivity contribution >= 4 is 28.9 Å². The molecule has 0 aliphatic carbocycles. The SMILES string of the molecule is CCCn1c(=S)[nH]c2cc([N+](=O)[O-])ccc21. The minimum absolute atomic E-state index is 0.0763. The first-order valence-electron chi connectivity index (χ1n) is 5.00. The van der Waals surface area contributed by atoms with Crippen molar-refractivity contribution < 1.29 is 4.92 Å². The van der Waals surface area contributed by atoms with Gasteiger partial charge in [-0.15, -0.1) is 0 Å². The number of nitrogens with zero attached hydrogens (tertiary/aromatic N) is 2. The molecule has 2 rings (SSSR count). The van der Waals surface area contributed by atoms with Crippen molar-refractivity contribution in [1.29, 1.82) is 0 Å². The van der Waals surface area contributed by atoms with Crippen molar-refractivity contribution in [3.63, 3.8) is 0 Å². The van der Waals surface area contributed by atoms with Crippen LogP contribution in [0.3, 0.4) is 0 Å². The summed E-state index contributed by atoms with van der Waals surface area (Å²) in [5.41, 5.74) is 1.71. The fourth-order valence-electron chi connectivity index (χ4n) is 1.71. The molecule has 0 spiro atoms. The zero-order valence-electron chi connectivity index (χ0n) is 8.77. The number of H-pyrrole nitrogens is 1. The highest BCUT2D eigenvalue weighted by Crippen LogP contribution is 2.20. The minimum atomic E-state index is -0.409. The highest BCUT2D eigenvalue weighted by molar-refractivity contribution is 7.71. The molecule has 5 nitrogen and oxygen atoms in total. The second-order valence-corrected chi connectivity index (χ2v) is 3.93. The second kappa shape index (κ2) is 4.05. The molecule has 0 radical (unpaired) electrons. The molecule has 0 bridgehead atoms. The van der Waals surface area contributed by atoms with Gasteiger partial charge in [0.1, 0.15) is 0 Å². The zero-order valence-corrected chi connectivity index (χ0v) is 9.58. The monoisotopic (exact) mass is 237 g/mol. The van der Waals surface area contributed by atoms with Crippen molar-refractivity contribution in [2.24, 2.45) is 0 Å². The number of benzene rings is 1. The summed E-state index contributed by atoms with van der Waals surface area (Å²) in [5, 5.41) is 10.6. The number of fused-ring (bicyclic) bond motifs is 1. The van der Waals surface area contributed by atoms with Gasteiger partial charge in [-0.3, -0.25) is 10.1 Å². The van der Waals surface area contributed by atoms with Gasteiger partial charge in [-0.1, -0.05) is 6.92 Å². The van der Waals surface area contributed by atoms with Crippen LogP contribution in [0.4, 0.5) is 5.69 Å². The Labute approximate surface area is 96.9 Å². The molecule has 6 heteroatoms. The normalized spacial score (nSPS) is 10.8. The van der Waals surface area contributed by atoms with Crippen LogP contribution in [0.2, 0.25) is 0 Å². The summed E-state index contributed by atoms with van der Waals surface area (Å²) < 4.78 is 2.56. The molecule has 0 atom stereocenters. The van der Waals surface area contributed by atoms with Gasteiger partial charge in [-0.2, -0.15) is 0 Å². The number of nitrogens with one attached hydrogen (secondary N) is 1. The lowest BCUT2D eigenvalue weighted by molar-refractivity contribution is -0.384. The molecule has 0 saturated carbocycles. The number of hydrogen-bond donors (Lipinski definition) is 1. The summed E-state index contributed by atoms with van der Waals surface area (Å²) in [6.07, 6.45) is 0.970. The summed E-state index contributed by atoms with van der Waals surface area (Å²) in [6.45, 7) is 2.88. The number of hydrogen-bond acceptors (Lipinski definition) is 3. The lowest BCUT2D eigenvalue weighted by Gasteiger charge is -2.00. The maximum Gasteiger partial charge on any atom is 0.271 e. The van der Waals surface area contributed by atoms with Gasteiger partial charge in [0, 0.05) is 18.7 Å². The summed E-state index contributed by atoms with van der Waals surface area (Å²) in [5.74, 6) is 0. The van der Waals surface area contributed by atoms with Gasteiger partial charge in [0.2, 0.25) is 0 Å². The van der Waals surface area contributed by atoms with Gasteiger partial charge in [-0.25, -0.2) is 0 Å². The predicted octanol–water partition coefficient (Wildman–Crippen LogP) is 3.02. The van der Waals surface area contributed by atoms with E-state index < -0.39 is 4.92 Å². The van der Waals surface area contributed by atoms with E-state index in [2.05, 4.69) is 11.9 Å². The van der Waals surface area contributed by atoms with E-state index in [1.165, 1.54) is 12.1 Å². The zero-order chi connectivity index (χ0) is 11.7. The highest BCUT2D eigenvalue weighted by atomic mass is 32.1. The van der Waals surface area contributed by atoms with Crippen LogP contribution >= 0.6 is 12.2 Å². The molecule has 16 heavy (non-hydrogen) atoms. The van der Waals surface area contributed by atoms with Crippen molar-refractivity contribution in [2.45, 2.75) is 19.9 Å². The molecule has 0 unspecified atom stereocenters. The number of aromatic nitrogens is 2. The third-order valence-corrected chi connectivity index (χ3v) is 2.74. The maximum atomic E-state index is 10.6. The van der Waals surface area contributed by atoms with Crippen molar-refractivity contribution in [2.75, 3.05) is 0 Å². The van der Waals surface area contributed by atoms with Gasteiger partial charge in [0.15, 0.2) is 4.77 Å². The standard InChI is InChI=1S/C10H11N3O2S/c1-2-5-12-9-4-3-7(13(14)15)6-8(9)11-10(12)16/h3-4,6H,2,5H2,1H3,(H,11,16). The number of non-ortho nitro benzene ring substituents is 1. The van der Waals surface area contributed by atoms with Crippen LogP contribution in [-0.4, -0.2) is 14.5 Å². The van der Waals surface area contributed by atoms with Crippen LogP contribution < -0.4 is 0 Å². The predicted molar refractivity (Wildman–Crippen MR) is 64.1 cm³/mol. The van der Waals surface area contributed by atoms with Crippen LogP contribution in [0, 0.1) is 14.9 Å². The molecule has 1 aromatic heterocycles. The molecule has 0 aliphatic heterocycles. The third kappa shape index (κ3) is 1.71. The van der Waals surface area contributed by atoms with E-state index in [9.17, 15) is 10.1 Å². The quantitative estimate of drug-likeness (QED) is 0.507. The van der Waals surface area contributed by atoms with Crippen LogP contribution in [-0.2, 0) is 6.54 Å². The Balaban J connectivity index is 2.65. The van der Waals surface area contributed by atoms with Crippen LogP contribution in [0.5, 0.6) is 0 Å². The Morgan fingerprint density at radius 3 is 2.94 bits per heavy atom. The first-order valence-corrected chi connectivity index (χ1v) is 5.41. The molecule has 1 heterocycles. The lowest BCUT2D eigenvalue weighted by Crippen LogP contribution is -1.96.